The number of nitrogens with zero attached hydrogens (tertiary/aromatic N) is 4. The van der Waals surface area contributed by atoms with Crippen LogP contribution in [0.15, 0.2) is 46.1 Å². The lowest BCUT2D eigenvalue weighted by Gasteiger charge is -2.51. The Morgan fingerprint density at radius 1 is 1.13 bits per heavy atom. The molecule has 4 aliphatic rings. The molecule has 0 aromatic heterocycles. The third kappa shape index (κ3) is 4.43. The number of piperidine rings is 1. The molecule has 0 amide bonds. The Morgan fingerprint density at radius 3 is 2.63 bits per heavy atom. The van der Waals surface area contributed by atoms with Crippen LogP contribution in [0, 0.1) is 17.5 Å². The zero-order valence-electron chi connectivity index (χ0n) is 21.1. The van der Waals surface area contributed by atoms with Gasteiger partial charge in [0.05, 0.1) is 29.2 Å². The number of oxime groups is 1. The predicted molar refractivity (Wildman–Crippen MR) is 141 cm³/mol. The van der Waals surface area contributed by atoms with E-state index in [-0.39, 0.29) is 12.6 Å². The summed E-state index contributed by atoms with van der Waals surface area (Å²) >= 11 is 0. The molecule has 197 valence electrons. The highest BCUT2D eigenvalue weighted by atomic mass is 28.1. The molecule has 2 saturated heterocycles. The summed E-state index contributed by atoms with van der Waals surface area (Å²) in [6.45, 7) is 4.35. The molecule has 6 nitrogen and oxygen atoms in total. The van der Waals surface area contributed by atoms with Gasteiger partial charge in [-0.25, -0.2) is 13.2 Å². The van der Waals surface area contributed by atoms with Crippen molar-refractivity contribution >= 4 is 39.4 Å². The summed E-state index contributed by atoms with van der Waals surface area (Å²) in [6, 6.07) is 7.98. The van der Waals surface area contributed by atoms with Gasteiger partial charge in [-0.2, -0.15) is 0 Å². The first-order valence-corrected chi connectivity index (χ1v) is 13.5. The molecule has 10 heteroatoms. The molecular weight excluding hydrogens is 509 g/mol. The third-order valence-corrected chi connectivity index (χ3v) is 8.08. The highest BCUT2D eigenvalue weighted by molar-refractivity contribution is 6.36. The molecule has 4 aliphatic heterocycles. The average molecular weight is 538 g/mol. The molecule has 2 aromatic carbocycles. The maximum absolute atomic E-state index is 14.4. The fraction of sp³-hybridized carbons (Fsp3) is 0.429. The quantitative estimate of drug-likeness (QED) is 0.434. The Hall–Kier alpha value is -3.11. The zero-order chi connectivity index (χ0) is 26.4. The van der Waals surface area contributed by atoms with Gasteiger partial charge in [0.15, 0.2) is 28.9 Å². The Morgan fingerprint density at radius 2 is 1.95 bits per heavy atom. The van der Waals surface area contributed by atoms with Crippen LogP contribution in [0.4, 0.5) is 18.9 Å². The first kappa shape index (κ1) is 25.2. The average Bonchev–Trinajstić information content (AvgIpc) is 3.33. The number of halogens is 3. The van der Waals surface area contributed by atoms with Gasteiger partial charge in [0.1, 0.15) is 6.04 Å². The van der Waals surface area contributed by atoms with Crippen molar-refractivity contribution in [3.8, 4) is 0 Å². The largest absolute Gasteiger partial charge is 0.382 e. The standard InChI is InChI=1S/C28H28F3N4O2Si/c1-17-14-34(16-32-17)23-6-5-18(11-24(23)38)10-19-4-2-8-35-26(20-12-21(29)25(31)22(30)13-20)28(37-33-27(19)35)7-3-9-36-15-28/h5-6,10-13,16-17,26H,2-4,7-9,14-15H2,1H3/b19-10+/t17?,26-,28?/m0/s1. The van der Waals surface area contributed by atoms with Gasteiger partial charge in [-0.3, -0.25) is 4.99 Å². The van der Waals surface area contributed by atoms with Gasteiger partial charge in [-0.05, 0) is 78.8 Å². The van der Waals surface area contributed by atoms with E-state index in [1.54, 1.807) is 0 Å². The summed E-state index contributed by atoms with van der Waals surface area (Å²) in [6.07, 6.45) is 6.87. The number of aliphatic imine (C=N–C) groups is 1. The van der Waals surface area contributed by atoms with Crippen molar-refractivity contribution in [2.45, 2.75) is 50.3 Å². The minimum atomic E-state index is -1.48. The summed E-state index contributed by atoms with van der Waals surface area (Å²) in [5.74, 6) is -3.28. The first-order chi connectivity index (χ1) is 18.3. The van der Waals surface area contributed by atoms with E-state index in [1.165, 1.54) is 0 Å². The minimum Gasteiger partial charge on any atom is -0.382 e. The number of benzene rings is 2. The highest BCUT2D eigenvalue weighted by Crippen LogP contribution is 2.46. The van der Waals surface area contributed by atoms with Crippen LogP contribution in [-0.4, -0.2) is 65.3 Å². The number of fused-ring (bicyclic) bond motifs is 1. The van der Waals surface area contributed by atoms with Gasteiger partial charge in [0.25, 0.3) is 0 Å². The summed E-state index contributed by atoms with van der Waals surface area (Å²) < 4.78 is 48.4. The highest BCUT2D eigenvalue weighted by Gasteiger charge is 2.52. The van der Waals surface area contributed by atoms with Crippen LogP contribution < -0.4 is 10.1 Å². The lowest BCUT2D eigenvalue weighted by Crippen LogP contribution is -2.58. The Kier molecular flexibility index (Phi) is 6.55. The Balaban J connectivity index is 1.36. The molecule has 1 spiro atoms. The van der Waals surface area contributed by atoms with Crippen molar-refractivity contribution in [2.24, 2.45) is 10.1 Å². The number of ether oxygens (including phenoxy) is 1. The molecule has 2 aromatic rings. The van der Waals surface area contributed by atoms with Crippen molar-refractivity contribution < 1.29 is 22.7 Å². The molecule has 3 radical (unpaired) electrons. The number of anilines is 1. The Bertz CT molecular complexity index is 1320. The van der Waals surface area contributed by atoms with Gasteiger partial charge in [0, 0.05) is 25.4 Å². The van der Waals surface area contributed by atoms with Crippen molar-refractivity contribution in [1.29, 1.82) is 0 Å². The molecule has 2 unspecified atom stereocenters. The number of hydrogen-bond acceptors (Lipinski definition) is 6. The topological polar surface area (TPSA) is 49.7 Å². The second-order valence-electron chi connectivity index (χ2n) is 10.4. The maximum Gasteiger partial charge on any atom is 0.194 e. The van der Waals surface area contributed by atoms with Crippen LogP contribution in [0.5, 0.6) is 0 Å². The summed E-state index contributed by atoms with van der Waals surface area (Å²) in [5, 5.41) is 5.50. The fourth-order valence-electron chi connectivity index (χ4n) is 5.93. The van der Waals surface area contributed by atoms with Gasteiger partial charge in [0.2, 0.25) is 0 Å². The molecular formula is C28H28F3N4O2Si. The number of amidine groups is 1. The van der Waals surface area contributed by atoms with Crippen molar-refractivity contribution in [3.63, 3.8) is 0 Å². The van der Waals surface area contributed by atoms with Crippen LogP contribution in [0.2, 0.25) is 0 Å². The number of rotatable bonds is 3. The van der Waals surface area contributed by atoms with E-state index in [0.29, 0.717) is 31.0 Å². The second-order valence-corrected chi connectivity index (χ2v) is 11.0. The van der Waals surface area contributed by atoms with Crippen molar-refractivity contribution in [1.82, 2.24) is 4.90 Å². The first-order valence-electron chi connectivity index (χ1n) is 13.0. The molecule has 6 rings (SSSR count). The predicted octanol–water partition coefficient (Wildman–Crippen LogP) is 4.25. The molecule has 0 N–H and O–H groups in total. The maximum atomic E-state index is 14.4. The van der Waals surface area contributed by atoms with E-state index in [4.69, 9.17) is 9.57 Å². The lowest BCUT2D eigenvalue weighted by atomic mass is 9.81. The lowest BCUT2D eigenvalue weighted by molar-refractivity contribution is -0.174. The van der Waals surface area contributed by atoms with Crippen LogP contribution in [0.3, 0.4) is 0 Å². The van der Waals surface area contributed by atoms with E-state index in [2.05, 4.69) is 50.4 Å². The Labute approximate surface area is 223 Å². The molecule has 4 heterocycles. The fourth-order valence-corrected chi connectivity index (χ4v) is 6.33. The normalized spacial score (nSPS) is 28.0. The minimum absolute atomic E-state index is 0.233. The van der Waals surface area contributed by atoms with Crippen molar-refractivity contribution in [2.75, 3.05) is 31.2 Å². The van der Waals surface area contributed by atoms with Crippen LogP contribution in [0.25, 0.3) is 6.08 Å². The van der Waals surface area contributed by atoms with E-state index >= 15 is 0 Å². The van der Waals surface area contributed by atoms with Crippen LogP contribution >= 0.6 is 0 Å². The van der Waals surface area contributed by atoms with E-state index in [9.17, 15) is 13.2 Å². The van der Waals surface area contributed by atoms with Gasteiger partial charge in [-0.1, -0.05) is 17.3 Å². The molecule has 0 saturated carbocycles. The van der Waals surface area contributed by atoms with Crippen LogP contribution in [0.1, 0.15) is 49.8 Å². The monoisotopic (exact) mass is 537 g/mol. The zero-order valence-corrected chi connectivity index (χ0v) is 22.1. The SMILES string of the molecule is CC1CN(c2ccc(/C=C3\CCCN4C3=NOC3(CCCOC3)[C@@H]4c3cc(F)c(F)c(F)c3)cc2[Si])C=N1. The summed E-state index contributed by atoms with van der Waals surface area (Å²) in [5.41, 5.74) is 2.39. The summed E-state index contributed by atoms with van der Waals surface area (Å²) in [4.78, 5) is 14.7. The van der Waals surface area contributed by atoms with E-state index < -0.39 is 29.1 Å². The molecule has 38 heavy (non-hydrogen) atoms. The van der Waals surface area contributed by atoms with Crippen LogP contribution in [-0.2, 0) is 9.57 Å². The molecule has 2 fully saturated rings. The third-order valence-electron chi connectivity index (χ3n) is 7.68. The molecule has 0 aliphatic carbocycles. The number of hydrogen-bond donors (Lipinski definition) is 0. The molecule has 3 atom stereocenters. The van der Waals surface area contributed by atoms with Crippen molar-refractivity contribution in [3.05, 3.63) is 64.5 Å². The summed E-state index contributed by atoms with van der Waals surface area (Å²) in [7, 11) is 3.76. The van der Waals surface area contributed by atoms with Gasteiger partial charge >= 0.3 is 0 Å². The van der Waals surface area contributed by atoms with Gasteiger partial charge < -0.3 is 19.4 Å². The smallest absolute Gasteiger partial charge is 0.194 e. The van der Waals surface area contributed by atoms with E-state index in [0.717, 1.165) is 60.0 Å². The van der Waals surface area contributed by atoms with Gasteiger partial charge in [-0.15, -0.1) is 0 Å². The van der Waals surface area contributed by atoms with E-state index in [1.807, 2.05) is 17.3 Å². The molecule has 0 bridgehead atoms. The second kappa shape index (κ2) is 9.89.